The molecule has 2 rings (SSSR count). The minimum atomic E-state index is -0.377. The lowest BCUT2D eigenvalue weighted by Crippen LogP contribution is -3.11. The van der Waals surface area contributed by atoms with Gasteiger partial charge in [-0.15, -0.1) is 11.3 Å². The molecule has 0 aromatic carbocycles. The zero-order valence-electron chi connectivity index (χ0n) is 16.8. The van der Waals surface area contributed by atoms with Crippen LogP contribution in [0, 0.1) is 0 Å². The van der Waals surface area contributed by atoms with Crippen LogP contribution in [0.15, 0.2) is 0 Å². The molecule has 150 valence electrons. The molecule has 7 nitrogen and oxygen atoms in total. The van der Waals surface area contributed by atoms with Crippen LogP contribution in [-0.2, 0) is 27.2 Å². The molecule has 3 N–H and O–H groups in total. The molecular weight excluding hydrogens is 366 g/mol. The van der Waals surface area contributed by atoms with Crippen molar-refractivity contribution in [2.24, 2.45) is 0 Å². The second-order valence-electron chi connectivity index (χ2n) is 7.94. The molecule has 2 amide bonds. The number of anilines is 1. The van der Waals surface area contributed by atoms with Gasteiger partial charge in [0.2, 0.25) is 0 Å². The summed E-state index contributed by atoms with van der Waals surface area (Å²) in [7, 11) is 1.79. The maximum atomic E-state index is 12.4. The number of fused-ring (bicyclic) bond motifs is 1. The number of amides is 2. The number of hydrogen-bond donors (Lipinski definition) is 3. The Morgan fingerprint density at radius 3 is 2.44 bits per heavy atom. The van der Waals surface area contributed by atoms with Crippen molar-refractivity contribution in [3.63, 3.8) is 0 Å². The van der Waals surface area contributed by atoms with Gasteiger partial charge in [0.15, 0.2) is 13.1 Å². The minimum absolute atomic E-state index is 0.102. The van der Waals surface area contributed by atoms with Gasteiger partial charge in [-0.2, -0.15) is 0 Å². The van der Waals surface area contributed by atoms with E-state index in [9.17, 15) is 14.4 Å². The largest absolute Gasteiger partial charge is 0.462 e. The van der Waals surface area contributed by atoms with Crippen LogP contribution in [0.5, 0.6) is 0 Å². The van der Waals surface area contributed by atoms with Gasteiger partial charge in [-0.1, -0.05) is 0 Å². The molecule has 1 aliphatic rings. The number of likely N-dealkylation sites (N-methyl/N-ethyl adjacent to an activating group) is 1. The molecule has 1 unspecified atom stereocenters. The Bertz CT molecular complexity index is 721. The first kappa shape index (κ1) is 21.4. The second kappa shape index (κ2) is 8.84. The van der Waals surface area contributed by atoms with Crippen molar-refractivity contribution in [1.82, 2.24) is 5.32 Å². The molecule has 0 fully saturated rings. The number of carbonyl (C=O) groups excluding carboxylic acids is 3. The first-order valence-corrected chi connectivity index (χ1v) is 10.2. The summed E-state index contributed by atoms with van der Waals surface area (Å²) in [5, 5.41) is 6.31. The number of quaternary nitrogens is 1. The zero-order chi connectivity index (χ0) is 20.2. The van der Waals surface area contributed by atoms with Crippen LogP contribution in [0.4, 0.5) is 5.00 Å². The number of rotatable bonds is 7. The maximum absolute atomic E-state index is 12.4. The minimum Gasteiger partial charge on any atom is -0.462 e. The summed E-state index contributed by atoms with van der Waals surface area (Å²) in [5.41, 5.74) is 1.22. The van der Waals surface area contributed by atoms with Crippen molar-refractivity contribution in [3.05, 3.63) is 16.0 Å². The third-order valence-corrected chi connectivity index (χ3v) is 5.30. The number of nitrogens with one attached hydrogen (secondary N) is 3. The number of esters is 1. The fourth-order valence-corrected chi connectivity index (χ4v) is 4.45. The fourth-order valence-electron chi connectivity index (χ4n) is 3.16. The van der Waals surface area contributed by atoms with Crippen molar-refractivity contribution < 1.29 is 24.0 Å². The van der Waals surface area contributed by atoms with Gasteiger partial charge < -0.3 is 20.3 Å². The number of ether oxygens (including phenoxy) is 1. The lowest BCUT2D eigenvalue weighted by atomic mass is 10.1. The lowest BCUT2D eigenvalue weighted by molar-refractivity contribution is -0.862. The monoisotopic (exact) mass is 396 g/mol. The number of hydrogen-bond acceptors (Lipinski definition) is 5. The van der Waals surface area contributed by atoms with Crippen molar-refractivity contribution >= 4 is 34.1 Å². The normalized spacial score (nSPS) is 14.4. The Hall–Kier alpha value is -1.93. The fraction of sp³-hybridized carbons (Fsp3) is 0.632. The summed E-state index contributed by atoms with van der Waals surface area (Å²) in [6, 6.07) is 0. The maximum Gasteiger partial charge on any atom is 0.341 e. The molecule has 0 spiro atoms. The molecule has 8 heteroatoms. The van der Waals surface area contributed by atoms with E-state index in [0.717, 1.165) is 34.6 Å². The van der Waals surface area contributed by atoms with Gasteiger partial charge >= 0.3 is 5.97 Å². The van der Waals surface area contributed by atoms with E-state index in [4.69, 9.17) is 4.74 Å². The summed E-state index contributed by atoms with van der Waals surface area (Å²) < 4.78 is 5.17. The molecule has 27 heavy (non-hydrogen) atoms. The highest BCUT2D eigenvalue weighted by Crippen LogP contribution is 2.39. The van der Waals surface area contributed by atoms with Gasteiger partial charge in [-0.3, -0.25) is 9.59 Å². The molecule has 1 aliphatic carbocycles. The summed E-state index contributed by atoms with van der Waals surface area (Å²) >= 11 is 1.46. The van der Waals surface area contributed by atoms with E-state index >= 15 is 0 Å². The van der Waals surface area contributed by atoms with Crippen LogP contribution in [-0.4, -0.2) is 50.1 Å². The first-order chi connectivity index (χ1) is 12.6. The second-order valence-corrected chi connectivity index (χ2v) is 9.04. The number of carbonyl (C=O) groups is 3. The van der Waals surface area contributed by atoms with E-state index in [1.807, 2.05) is 20.8 Å². The lowest BCUT2D eigenvalue weighted by Gasteiger charge is -2.21. The Balaban J connectivity index is 1.99. The smallest absolute Gasteiger partial charge is 0.341 e. The van der Waals surface area contributed by atoms with Crippen molar-refractivity contribution in [3.8, 4) is 0 Å². The molecular formula is C19H30N3O4S+. The highest BCUT2D eigenvalue weighted by atomic mass is 32.1. The van der Waals surface area contributed by atoms with E-state index in [1.165, 1.54) is 11.3 Å². The summed E-state index contributed by atoms with van der Waals surface area (Å²) in [5.74, 6) is -0.700. The van der Waals surface area contributed by atoms with Gasteiger partial charge in [-0.05, 0) is 52.5 Å². The van der Waals surface area contributed by atoms with E-state index in [2.05, 4.69) is 10.6 Å². The van der Waals surface area contributed by atoms with Crippen LogP contribution >= 0.6 is 11.3 Å². The average molecular weight is 397 g/mol. The summed E-state index contributed by atoms with van der Waals surface area (Å²) in [6.45, 7) is 8.16. The molecule has 1 aromatic rings. The third-order valence-electron chi connectivity index (χ3n) is 4.09. The van der Waals surface area contributed by atoms with E-state index in [0.29, 0.717) is 17.2 Å². The molecule has 0 aliphatic heterocycles. The highest BCUT2D eigenvalue weighted by molar-refractivity contribution is 7.17. The van der Waals surface area contributed by atoms with Crippen LogP contribution in [0.3, 0.4) is 0 Å². The third kappa shape index (κ3) is 6.04. The van der Waals surface area contributed by atoms with Gasteiger partial charge in [0, 0.05) is 10.4 Å². The Morgan fingerprint density at radius 1 is 1.15 bits per heavy atom. The number of thiophene rings is 1. The van der Waals surface area contributed by atoms with E-state index < -0.39 is 0 Å². The molecule has 1 atom stereocenters. The summed E-state index contributed by atoms with van der Waals surface area (Å²) in [4.78, 5) is 38.7. The Kier molecular flexibility index (Phi) is 7.00. The van der Waals surface area contributed by atoms with Gasteiger partial charge in [0.25, 0.3) is 11.8 Å². The topological polar surface area (TPSA) is 88.9 Å². The highest BCUT2D eigenvalue weighted by Gasteiger charge is 2.29. The molecule has 0 radical (unpaired) electrons. The quantitative estimate of drug-likeness (QED) is 0.595. The van der Waals surface area contributed by atoms with Crippen molar-refractivity contribution in [2.75, 3.05) is 32.1 Å². The predicted octanol–water partition coefficient (Wildman–Crippen LogP) is 0.781. The van der Waals surface area contributed by atoms with Gasteiger partial charge in [0.05, 0.1) is 19.2 Å². The van der Waals surface area contributed by atoms with Crippen LogP contribution in [0.2, 0.25) is 0 Å². The van der Waals surface area contributed by atoms with Crippen LogP contribution < -0.4 is 15.5 Å². The van der Waals surface area contributed by atoms with Crippen molar-refractivity contribution in [2.45, 2.75) is 52.5 Å². The molecule has 1 heterocycles. The van der Waals surface area contributed by atoms with Crippen LogP contribution in [0.25, 0.3) is 0 Å². The van der Waals surface area contributed by atoms with Crippen molar-refractivity contribution in [1.29, 1.82) is 0 Å². The van der Waals surface area contributed by atoms with Crippen LogP contribution in [0.1, 0.15) is 54.9 Å². The standard InChI is InChI=1S/C19H29N3O4S/c1-6-26-18(25)16-12-8-7-9-13(12)27-17(16)20-14(23)10-22(5)11-15(24)21-19(2,3)4/h6-11H2,1-5H3,(H,20,23)(H,21,24)/p+1. The Labute approximate surface area is 164 Å². The average Bonchev–Trinajstić information content (AvgIpc) is 3.04. The molecule has 0 bridgehead atoms. The van der Waals surface area contributed by atoms with E-state index in [-0.39, 0.29) is 36.4 Å². The van der Waals surface area contributed by atoms with E-state index in [1.54, 1.807) is 14.0 Å². The molecule has 0 saturated heterocycles. The summed E-state index contributed by atoms with van der Waals surface area (Å²) in [6.07, 6.45) is 2.80. The van der Waals surface area contributed by atoms with Gasteiger partial charge in [0.1, 0.15) is 5.00 Å². The first-order valence-electron chi connectivity index (χ1n) is 9.34. The van der Waals surface area contributed by atoms with Gasteiger partial charge in [-0.25, -0.2) is 4.79 Å². The predicted molar refractivity (Wildman–Crippen MR) is 105 cm³/mol. The zero-order valence-corrected chi connectivity index (χ0v) is 17.6. The molecule has 1 aromatic heterocycles. The molecule has 0 saturated carbocycles. The number of aryl methyl sites for hydroxylation is 1. The Morgan fingerprint density at radius 2 is 1.81 bits per heavy atom. The SMILES string of the molecule is CCOC(=O)c1c(NC(=O)C[NH+](C)CC(=O)NC(C)(C)C)sc2c1CCC2.